The van der Waals surface area contributed by atoms with E-state index in [1.54, 1.807) is 23.1 Å². The van der Waals surface area contributed by atoms with Gasteiger partial charge < -0.3 is 14.9 Å². The van der Waals surface area contributed by atoms with Gasteiger partial charge in [-0.25, -0.2) is 18.2 Å². The molecular formula is C32H38N4O5S2. The highest BCUT2D eigenvalue weighted by molar-refractivity contribution is 7.89. The summed E-state index contributed by atoms with van der Waals surface area (Å²) >= 11 is 1.15. The van der Waals surface area contributed by atoms with Crippen LogP contribution in [0.1, 0.15) is 67.1 Å². The van der Waals surface area contributed by atoms with Crippen molar-refractivity contribution in [2.24, 2.45) is 5.92 Å². The fourth-order valence-corrected chi connectivity index (χ4v) is 9.18. The first-order chi connectivity index (χ1) is 20.6. The summed E-state index contributed by atoms with van der Waals surface area (Å²) in [6, 6.07) is 12.9. The first-order valence-corrected chi connectivity index (χ1v) is 17.4. The number of anilines is 2. The van der Waals surface area contributed by atoms with Crippen LogP contribution in [-0.4, -0.2) is 66.4 Å². The van der Waals surface area contributed by atoms with Crippen molar-refractivity contribution in [3.05, 3.63) is 59.1 Å². The largest absolute Gasteiger partial charge is 0.477 e. The van der Waals surface area contributed by atoms with Crippen LogP contribution in [0, 0.1) is 12.8 Å². The molecule has 6 rings (SSSR count). The highest BCUT2D eigenvalue weighted by atomic mass is 32.2. The molecule has 3 fully saturated rings. The van der Waals surface area contributed by atoms with Crippen molar-refractivity contribution in [2.75, 3.05) is 29.4 Å². The van der Waals surface area contributed by atoms with Crippen molar-refractivity contribution >= 4 is 44.7 Å². The number of aromatic nitrogens is 1. The molecule has 43 heavy (non-hydrogen) atoms. The van der Waals surface area contributed by atoms with Gasteiger partial charge in [-0.1, -0.05) is 49.1 Å². The Balaban J connectivity index is 1.33. The van der Waals surface area contributed by atoms with Crippen LogP contribution in [0.25, 0.3) is 10.4 Å². The number of aryl methyl sites for hydroxylation is 1. The number of hydrogen-bond acceptors (Lipinski definition) is 7. The number of nitrogens with zero attached hydrogens (tertiary/aromatic N) is 4. The third-order valence-corrected chi connectivity index (χ3v) is 12.2. The molecule has 0 unspecified atom stereocenters. The van der Waals surface area contributed by atoms with Gasteiger partial charge in [-0.2, -0.15) is 4.31 Å². The third-order valence-electron chi connectivity index (χ3n) is 9.20. The molecule has 0 radical (unpaired) electrons. The van der Waals surface area contributed by atoms with Gasteiger partial charge >= 0.3 is 5.97 Å². The predicted molar refractivity (Wildman–Crippen MR) is 168 cm³/mol. The van der Waals surface area contributed by atoms with Crippen molar-refractivity contribution in [1.29, 1.82) is 0 Å². The summed E-state index contributed by atoms with van der Waals surface area (Å²) in [6.07, 6.45) is 8.39. The van der Waals surface area contributed by atoms with Gasteiger partial charge in [0.25, 0.3) is 0 Å². The number of thiophene rings is 1. The predicted octanol–water partition coefficient (Wildman–Crippen LogP) is 5.79. The fourth-order valence-electron chi connectivity index (χ4n) is 6.83. The Morgan fingerprint density at radius 2 is 1.77 bits per heavy atom. The lowest BCUT2D eigenvalue weighted by Crippen LogP contribution is -2.60. The summed E-state index contributed by atoms with van der Waals surface area (Å²) in [5, 5.41) is 10.2. The number of benzene rings is 1. The smallest absolute Gasteiger partial charge is 0.348 e. The maximum Gasteiger partial charge on any atom is 0.348 e. The zero-order valence-electron chi connectivity index (χ0n) is 24.6. The maximum absolute atomic E-state index is 14.0. The number of carbonyl (C=O) groups excluding carboxylic acids is 1. The van der Waals surface area contributed by atoms with E-state index in [1.807, 2.05) is 31.2 Å². The number of aromatic carboxylic acids is 1. The van der Waals surface area contributed by atoms with Gasteiger partial charge in [0.1, 0.15) is 15.6 Å². The molecule has 2 aromatic heterocycles. The lowest BCUT2D eigenvalue weighted by atomic mass is 9.82. The standard InChI is InChI=1S/C32H38N4O5S2/c1-21-10-12-24(13-11-21)28-17-26(31(42-28)32(38)39)36-27(23-8-4-3-5-9-23)19-34(20-30(36)37)43(40,41)25-14-15-29(33-18-25)35-16-6-7-22(35)2/h10-15,17-18,22-23,27H,3-9,16,19-20H2,1-2H3,(H,38,39)/t22-,27+/m1/s1. The Kier molecular flexibility index (Phi) is 8.32. The lowest BCUT2D eigenvalue weighted by molar-refractivity contribution is -0.121. The lowest BCUT2D eigenvalue weighted by Gasteiger charge is -2.44. The van der Waals surface area contributed by atoms with Gasteiger partial charge in [-0.3, -0.25) is 4.79 Å². The second-order valence-electron chi connectivity index (χ2n) is 12.1. The van der Waals surface area contributed by atoms with Gasteiger partial charge in [0.05, 0.1) is 18.3 Å². The van der Waals surface area contributed by atoms with Crippen LogP contribution in [0.5, 0.6) is 0 Å². The van der Waals surface area contributed by atoms with E-state index in [4.69, 9.17) is 0 Å². The number of carboxylic acids is 1. The third kappa shape index (κ3) is 5.82. The average molecular weight is 623 g/mol. The number of hydrogen-bond donors (Lipinski definition) is 1. The second kappa shape index (κ2) is 12.0. The Bertz CT molecular complexity index is 1600. The minimum Gasteiger partial charge on any atom is -0.477 e. The van der Waals surface area contributed by atoms with Crippen molar-refractivity contribution in [1.82, 2.24) is 9.29 Å². The fraction of sp³-hybridized carbons (Fsp3) is 0.469. The molecule has 0 bridgehead atoms. The normalized spacial score (nSPS) is 22.3. The van der Waals surface area contributed by atoms with Crippen molar-refractivity contribution in [2.45, 2.75) is 75.8 Å². The molecule has 1 N–H and O–H groups in total. The molecule has 11 heteroatoms. The van der Waals surface area contributed by atoms with Crippen LogP contribution in [0.3, 0.4) is 0 Å². The molecule has 4 heterocycles. The van der Waals surface area contributed by atoms with Crippen molar-refractivity contribution in [3.8, 4) is 10.4 Å². The van der Waals surface area contributed by atoms with Gasteiger partial charge in [0.15, 0.2) is 0 Å². The summed E-state index contributed by atoms with van der Waals surface area (Å²) < 4.78 is 29.1. The Morgan fingerprint density at radius 1 is 1.02 bits per heavy atom. The van der Waals surface area contributed by atoms with Crippen LogP contribution in [0.2, 0.25) is 0 Å². The maximum atomic E-state index is 14.0. The minimum atomic E-state index is -4.00. The Labute approximate surface area is 257 Å². The number of piperazine rings is 1. The molecule has 2 atom stereocenters. The zero-order chi connectivity index (χ0) is 30.3. The molecule has 0 spiro atoms. The molecule has 1 aromatic carbocycles. The molecule has 1 saturated carbocycles. The van der Waals surface area contributed by atoms with E-state index in [0.29, 0.717) is 11.7 Å². The monoisotopic (exact) mass is 622 g/mol. The number of pyridine rings is 1. The quantitative estimate of drug-likeness (QED) is 0.355. The van der Waals surface area contributed by atoms with Crippen molar-refractivity contribution < 1.29 is 23.1 Å². The van der Waals surface area contributed by atoms with E-state index in [9.17, 15) is 23.1 Å². The van der Waals surface area contributed by atoms with Crippen LogP contribution in [0.15, 0.2) is 53.6 Å². The van der Waals surface area contributed by atoms with Crippen LogP contribution >= 0.6 is 11.3 Å². The number of carboxylic acid groups (broad SMARTS) is 1. The molecule has 1 aliphatic carbocycles. The average Bonchev–Trinajstić information content (AvgIpc) is 3.64. The van der Waals surface area contributed by atoms with E-state index in [1.165, 1.54) is 10.5 Å². The highest BCUT2D eigenvalue weighted by Gasteiger charge is 2.44. The minimum absolute atomic E-state index is 0.0650. The van der Waals surface area contributed by atoms with E-state index in [-0.39, 0.29) is 28.8 Å². The van der Waals surface area contributed by atoms with Gasteiger partial charge in [0, 0.05) is 30.2 Å². The summed E-state index contributed by atoms with van der Waals surface area (Å²) in [6.45, 7) is 4.78. The first kappa shape index (κ1) is 29.8. The molecule has 3 aromatic rings. The van der Waals surface area contributed by atoms with Gasteiger partial charge in [-0.15, -0.1) is 11.3 Å². The number of carbonyl (C=O) groups is 2. The van der Waals surface area contributed by atoms with E-state index < -0.39 is 27.9 Å². The molecule has 2 aliphatic heterocycles. The topological polar surface area (TPSA) is 111 Å². The summed E-state index contributed by atoms with van der Waals surface area (Å²) in [5.74, 6) is -0.677. The molecule has 1 amide bonds. The summed E-state index contributed by atoms with van der Waals surface area (Å²) in [7, 11) is -4.00. The SMILES string of the molecule is Cc1ccc(-c2cc(N3C(=O)CN(S(=O)(=O)c4ccc(N5CCC[C@H]5C)nc4)C[C@H]3C3CCCCC3)c(C(=O)O)s2)cc1. The highest BCUT2D eigenvalue weighted by Crippen LogP contribution is 2.42. The second-order valence-corrected chi connectivity index (χ2v) is 15.0. The van der Waals surface area contributed by atoms with Crippen molar-refractivity contribution in [3.63, 3.8) is 0 Å². The summed E-state index contributed by atoms with van der Waals surface area (Å²) in [5.41, 5.74) is 2.34. The van der Waals surface area contributed by atoms with Crippen LogP contribution < -0.4 is 9.80 Å². The number of amides is 1. The number of sulfonamides is 1. The molecule has 228 valence electrons. The Morgan fingerprint density at radius 3 is 2.40 bits per heavy atom. The first-order valence-electron chi connectivity index (χ1n) is 15.1. The number of rotatable bonds is 7. The molecule has 2 saturated heterocycles. The summed E-state index contributed by atoms with van der Waals surface area (Å²) in [4.78, 5) is 35.6. The molecular weight excluding hydrogens is 585 g/mol. The Hall–Kier alpha value is -3.28. The molecule has 9 nitrogen and oxygen atoms in total. The zero-order valence-corrected chi connectivity index (χ0v) is 26.2. The van der Waals surface area contributed by atoms with Gasteiger partial charge in [-0.05, 0) is 69.2 Å². The molecule has 3 aliphatic rings. The van der Waals surface area contributed by atoms with E-state index in [0.717, 1.165) is 84.6 Å². The van der Waals surface area contributed by atoms with E-state index in [2.05, 4.69) is 16.8 Å². The van der Waals surface area contributed by atoms with Crippen LogP contribution in [0.4, 0.5) is 11.5 Å². The van der Waals surface area contributed by atoms with Gasteiger partial charge in [0.2, 0.25) is 15.9 Å². The van der Waals surface area contributed by atoms with E-state index >= 15 is 0 Å². The van der Waals surface area contributed by atoms with Crippen LogP contribution in [-0.2, 0) is 14.8 Å².